The molecule has 0 saturated carbocycles. The lowest BCUT2D eigenvalue weighted by Gasteiger charge is -2.14. The zero-order chi connectivity index (χ0) is 14.9. The lowest BCUT2D eigenvalue weighted by Crippen LogP contribution is -2.28. The quantitative estimate of drug-likeness (QED) is 0.794. The highest BCUT2D eigenvalue weighted by atomic mass is 16.5. The molecule has 21 heavy (non-hydrogen) atoms. The van der Waals surface area contributed by atoms with Crippen LogP contribution in [0.5, 0.6) is 5.75 Å². The van der Waals surface area contributed by atoms with E-state index in [4.69, 9.17) is 4.74 Å². The van der Waals surface area contributed by atoms with Gasteiger partial charge in [-0.2, -0.15) is 0 Å². The maximum absolute atomic E-state index is 5.38. The van der Waals surface area contributed by atoms with Crippen LogP contribution >= 0.6 is 0 Å². The lowest BCUT2D eigenvalue weighted by molar-refractivity contribution is 0.408. The van der Waals surface area contributed by atoms with Crippen molar-refractivity contribution < 1.29 is 4.74 Å². The van der Waals surface area contributed by atoms with Gasteiger partial charge in [0.1, 0.15) is 5.75 Å². The molecule has 2 rings (SSSR count). The molecule has 0 radical (unpaired) electrons. The number of rotatable bonds is 8. The Morgan fingerprint density at radius 3 is 2.43 bits per heavy atom. The molecule has 0 aliphatic heterocycles. The highest BCUT2D eigenvalue weighted by molar-refractivity contribution is 5.33. The van der Waals surface area contributed by atoms with Crippen molar-refractivity contribution in [2.24, 2.45) is 0 Å². The first kappa shape index (κ1) is 15.6. The smallest absolute Gasteiger partial charge is 0.122 e. The van der Waals surface area contributed by atoms with Crippen LogP contribution in [0.3, 0.4) is 0 Å². The summed E-state index contributed by atoms with van der Waals surface area (Å²) < 4.78 is 5.38. The van der Waals surface area contributed by atoms with E-state index in [9.17, 15) is 0 Å². The molecule has 2 aromatic carbocycles. The van der Waals surface area contributed by atoms with Gasteiger partial charge in [0.2, 0.25) is 0 Å². The average Bonchev–Trinajstić information content (AvgIpc) is 2.54. The Hall–Kier alpha value is -1.80. The van der Waals surface area contributed by atoms with Gasteiger partial charge in [-0.1, -0.05) is 48.5 Å². The highest BCUT2D eigenvalue weighted by Gasteiger charge is 2.04. The monoisotopic (exact) mass is 283 g/mol. The van der Waals surface area contributed by atoms with E-state index in [1.54, 1.807) is 7.11 Å². The normalized spacial score (nSPS) is 12.1. The van der Waals surface area contributed by atoms with Gasteiger partial charge in [-0.05, 0) is 49.9 Å². The Balaban J connectivity index is 1.70. The van der Waals surface area contributed by atoms with Crippen molar-refractivity contribution in [1.82, 2.24) is 5.32 Å². The van der Waals surface area contributed by atoms with E-state index in [0.717, 1.165) is 31.6 Å². The molecule has 1 atom stereocenters. The Labute approximate surface area is 128 Å². The van der Waals surface area contributed by atoms with Crippen molar-refractivity contribution in [1.29, 1.82) is 0 Å². The molecule has 0 aliphatic rings. The summed E-state index contributed by atoms with van der Waals surface area (Å²) in [6.45, 7) is 3.24. The van der Waals surface area contributed by atoms with Crippen molar-refractivity contribution in [3.8, 4) is 5.75 Å². The predicted molar refractivity (Wildman–Crippen MR) is 88.9 cm³/mol. The summed E-state index contributed by atoms with van der Waals surface area (Å²) in [7, 11) is 1.73. The third kappa shape index (κ3) is 5.24. The van der Waals surface area contributed by atoms with Crippen LogP contribution in [-0.2, 0) is 12.8 Å². The van der Waals surface area contributed by atoms with Crippen LogP contribution in [0, 0.1) is 0 Å². The fraction of sp³-hybridized carbons (Fsp3) is 0.368. The molecule has 1 unspecified atom stereocenters. The van der Waals surface area contributed by atoms with Gasteiger partial charge < -0.3 is 10.1 Å². The average molecular weight is 283 g/mol. The van der Waals surface area contributed by atoms with E-state index in [0.29, 0.717) is 6.04 Å². The van der Waals surface area contributed by atoms with Gasteiger partial charge >= 0.3 is 0 Å². The summed E-state index contributed by atoms with van der Waals surface area (Å²) >= 11 is 0. The van der Waals surface area contributed by atoms with Crippen LogP contribution in [0.4, 0.5) is 0 Å². The summed E-state index contributed by atoms with van der Waals surface area (Å²) in [5, 5.41) is 3.60. The zero-order valence-electron chi connectivity index (χ0n) is 13.0. The number of ether oxygens (including phenoxy) is 1. The molecule has 1 N–H and O–H groups in total. The first-order chi connectivity index (χ1) is 10.3. The molecule has 112 valence electrons. The first-order valence-electron chi connectivity index (χ1n) is 7.69. The maximum Gasteiger partial charge on any atom is 0.122 e. The summed E-state index contributed by atoms with van der Waals surface area (Å²) in [6, 6.07) is 19.4. The number of para-hydroxylation sites is 1. The summed E-state index contributed by atoms with van der Waals surface area (Å²) in [6.07, 6.45) is 3.29. The number of nitrogens with one attached hydrogen (secondary N) is 1. The Kier molecular flexibility index (Phi) is 6.29. The standard InChI is InChI=1S/C19H25NO/c1-16(12-13-17-8-4-3-5-9-17)20-15-14-18-10-6-7-11-19(18)21-2/h3-11,16,20H,12-15H2,1-2H3. The van der Waals surface area contributed by atoms with E-state index in [1.807, 2.05) is 12.1 Å². The van der Waals surface area contributed by atoms with Gasteiger partial charge in [0.05, 0.1) is 7.11 Å². The first-order valence-corrected chi connectivity index (χ1v) is 7.69. The van der Waals surface area contributed by atoms with E-state index in [-0.39, 0.29) is 0 Å². The van der Waals surface area contributed by atoms with Gasteiger partial charge in [0.15, 0.2) is 0 Å². The van der Waals surface area contributed by atoms with E-state index in [2.05, 4.69) is 54.7 Å². The zero-order valence-corrected chi connectivity index (χ0v) is 13.0. The molecule has 2 nitrogen and oxygen atoms in total. The van der Waals surface area contributed by atoms with Crippen molar-refractivity contribution in [3.63, 3.8) is 0 Å². The Morgan fingerprint density at radius 1 is 0.952 bits per heavy atom. The predicted octanol–water partition coefficient (Wildman–Crippen LogP) is 3.85. The van der Waals surface area contributed by atoms with Crippen LogP contribution < -0.4 is 10.1 Å². The van der Waals surface area contributed by atoms with E-state index >= 15 is 0 Å². The van der Waals surface area contributed by atoms with Gasteiger partial charge in [-0.3, -0.25) is 0 Å². The van der Waals surface area contributed by atoms with Crippen LogP contribution in [0.2, 0.25) is 0 Å². The maximum atomic E-state index is 5.38. The number of hydrogen-bond donors (Lipinski definition) is 1. The Bertz CT molecular complexity index is 524. The molecule has 0 fully saturated rings. The van der Waals surface area contributed by atoms with Gasteiger partial charge in [0.25, 0.3) is 0 Å². The number of aryl methyl sites for hydroxylation is 1. The van der Waals surface area contributed by atoms with Crippen LogP contribution in [0.15, 0.2) is 54.6 Å². The molecule has 0 bridgehead atoms. The molecular formula is C19H25NO. The number of benzene rings is 2. The van der Waals surface area contributed by atoms with Gasteiger partial charge in [0, 0.05) is 6.04 Å². The highest BCUT2D eigenvalue weighted by Crippen LogP contribution is 2.17. The SMILES string of the molecule is COc1ccccc1CCNC(C)CCc1ccccc1. The second-order valence-electron chi connectivity index (χ2n) is 5.44. The fourth-order valence-electron chi connectivity index (χ4n) is 2.49. The third-order valence-corrected chi connectivity index (χ3v) is 3.79. The van der Waals surface area contributed by atoms with Crippen molar-refractivity contribution in [2.45, 2.75) is 32.2 Å². The molecule has 0 aromatic heterocycles. The fourth-order valence-corrected chi connectivity index (χ4v) is 2.49. The Morgan fingerprint density at radius 2 is 1.67 bits per heavy atom. The van der Waals surface area contributed by atoms with E-state index < -0.39 is 0 Å². The van der Waals surface area contributed by atoms with E-state index in [1.165, 1.54) is 11.1 Å². The van der Waals surface area contributed by atoms with Gasteiger partial charge in [-0.25, -0.2) is 0 Å². The minimum Gasteiger partial charge on any atom is -0.496 e. The number of hydrogen-bond acceptors (Lipinski definition) is 2. The molecule has 0 heterocycles. The molecule has 0 aliphatic carbocycles. The second kappa shape index (κ2) is 8.48. The molecule has 2 heteroatoms. The van der Waals surface area contributed by atoms with Crippen molar-refractivity contribution in [3.05, 3.63) is 65.7 Å². The van der Waals surface area contributed by atoms with Crippen LogP contribution in [0.1, 0.15) is 24.5 Å². The molecular weight excluding hydrogens is 258 g/mol. The summed E-state index contributed by atoms with van der Waals surface area (Å²) in [5.41, 5.74) is 2.68. The lowest BCUT2D eigenvalue weighted by atomic mass is 10.1. The van der Waals surface area contributed by atoms with Crippen LogP contribution in [0.25, 0.3) is 0 Å². The minimum atomic E-state index is 0.528. The van der Waals surface area contributed by atoms with Crippen molar-refractivity contribution >= 4 is 0 Å². The largest absolute Gasteiger partial charge is 0.496 e. The molecule has 0 saturated heterocycles. The molecule has 0 spiro atoms. The van der Waals surface area contributed by atoms with Gasteiger partial charge in [-0.15, -0.1) is 0 Å². The topological polar surface area (TPSA) is 21.3 Å². The third-order valence-electron chi connectivity index (χ3n) is 3.79. The van der Waals surface area contributed by atoms with Crippen molar-refractivity contribution in [2.75, 3.05) is 13.7 Å². The minimum absolute atomic E-state index is 0.528. The number of methoxy groups -OCH3 is 1. The van der Waals surface area contributed by atoms with Crippen LogP contribution in [-0.4, -0.2) is 19.7 Å². The molecule has 0 amide bonds. The molecule has 2 aromatic rings. The summed E-state index contributed by atoms with van der Waals surface area (Å²) in [4.78, 5) is 0. The summed E-state index contributed by atoms with van der Waals surface area (Å²) in [5.74, 6) is 0.983. The second-order valence-corrected chi connectivity index (χ2v) is 5.44.